The van der Waals surface area contributed by atoms with Crippen molar-refractivity contribution in [3.8, 4) is 0 Å². The van der Waals surface area contributed by atoms with Crippen LogP contribution in [0.5, 0.6) is 0 Å². The number of alkyl halides is 1. The number of hydrogen-bond donors (Lipinski definition) is 1. The summed E-state index contributed by atoms with van der Waals surface area (Å²) >= 11 is 4.00. The lowest BCUT2D eigenvalue weighted by molar-refractivity contribution is -0.159. The number of carbonyl (C=O) groups is 2. The largest absolute Gasteiger partial charge is 0.453 e. The van der Waals surface area contributed by atoms with Crippen molar-refractivity contribution >= 4 is 39.2 Å². The molecule has 2 unspecified atom stereocenters. The van der Waals surface area contributed by atoms with Crippen molar-refractivity contribution in [2.75, 3.05) is 36.5 Å². The number of amides is 1. The highest BCUT2D eigenvalue weighted by molar-refractivity contribution is 9.10. The number of anilines is 2. The van der Waals surface area contributed by atoms with Gasteiger partial charge in [0.25, 0.3) is 5.91 Å². The molecule has 5 atom stereocenters. The van der Waals surface area contributed by atoms with Gasteiger partial charge in [0.05, 0.1) is 19.6 Å². The third kappa shape index (κ3) is 4.69. The van der Waals surface area contributed by atoms with E-state index in [9.17, 15) is 9.59 Å². The Bertz CT molecular complexity index is 853. The van der Waals surface area contributed by atoms with Crippen LogP contribution in [0, 0.1) is 17.3 Å². The first-order valence-corrected chi connectivity index (χ1v) is 12.7. The molecular formula is C25H33BrN2O4. The summed E-state index contributed by atoms with van der Waals surface area (Å²) < 4.78 is 11.2. The van der Waals surface area contributed by atoms with Gasteiger partial charge in [-0.05, 0) is 87.0 Å². The van der Waals surface area contributed by atoms with Gasteiger partial charge in [0.2, 0.25) is 0 Å². The second-order valence-corrected chi connectivity index (χ2v) is 12.2. The molecule has 1 aromatic carbocycles. The fraction of sp³-hybridized carbons (Fsp3) is 0.680. The maximum Gasteiger partial charge on any atom is 0.307 e. The Kier molecular flexibility index (Phi) is 5.99. The fourth-order valence-corrected chi connectivity index (χ4v) is 8.47. The van der Waals surface area contributed by atoms with Crippen molar-refractivity contribution in [3.05, 3.63) is 24.3 Å². The standard InChI is InChI=1S/C25H33BrN2O4/c1-17(23(30)27-20-2-4-21(5-3-20)28-6-8-31-9-7-28)32-22(29)15-24-11-18-10-19(12-24)14-25(26,13-18)16-24/h2-5,17-19H,6-16H2,1H3,(H,27,30)/t17-,18-,19+,24?,25?/m0/s1. The Balaban J connectivity index is 1.13. The molecule has 1 N–H and O–H groups in total. The Morgan fingerprint density at radius 3 is 2.44 bits per heavy atom. The Morgan fingerprint density at radius 1 is 1.16 bits per heavy atom. The Morgan fingerprint density at radius 2 is 1.81 bits per heavy atom. The third-order valence-electron chi connectivity index (χ3n) is 7.82. The predicted molar refractivity (Wildman–Crippen MR) is 127 cm³/mol. The molecule has 6 nitrogen and oxygen atoms in total. The minimum atomic E-state index is -0.812. The molecule has 1 amide bonds. The van der Waals surface area contributed by atoms with E-state index in [0.717, 1.165) is 63.1 Å². The first kappa shape index (κ1) is 22.2. The number of carbonyl (C=O) groups excluding carboxylic acids is 2. The van der Waals surface area contributed by atoms with Crippen molar-refractivity contribution in [2.45, 2.75) is 62.3 Å². The van der Waals surface area contributed by atoms with Crippen LogP contribution in [0.3, 0.4) is 0 Å². The molecule has 1 aromatic rings. The summed E-state index contributed by atoms with van der Waals surface area (Å²) in [5, 5.41) is 2.88. The van der Waals surface area contributed by atoms with Crippen LogP contribution in [0.25, 0.3) is 0 Å². The second kappa shape index (κ2) is 8.64. The fourth-order valence-electron chi connectivity index (χ4n) is 6.96. The van der Waals surface area contributed by atoms with Gasteiger partial charge in [0.15, 0.2) is 6.10 Å². The quantitative estimate of drug-likeness (QED) is 0.455. The maximum absolute atomic E-state index is 12.8. The van der Waals surface area contributed by atoms with Crippen LogP contribution in [-0.4, -0.2) is 48.6 Å². The van der Waals surface area contributed by atoms with Gasteiger partial charge in [-0.25, -0.2) is 0 Å². The van der Waals surface area contributed by atoms with Crippen LogP contribution in [0.15, 0.2) is 24.3 Å². The molecule has 0 radical (unpaired) electrons. The van der Waals surface area contributed by atoms with Crippen LogP contribution in [0.1, 0.15) is 51.9 Å². The number of nitrogens with one attached hydrogen (secondary N) is 1. The molecule has 32 heavy (non-hydrogen) atoms. The highest BCUT2D eigenvalue weighted by Crippen LogP contribution is 2.65. The first-order chi connectivity index (χ1) is 15.3. The summed E-state index contributed by atoms with van der Waals surface area (Å²) in [7, 11) is 0. The monoisotopic (exact) mass is 504 g/mol. The second-order valence-electron chi connectivity index (χ2n) is 10.6. The van der Waals surface area contributed by atoms with Gasteiger partial charge in [-0.15, -0.1) is 0 Å². The highest BCUT2D eigenvalue weighted by atomic mass is 79.9. The van der Waals surface area contributed by atoms with E-state index in [4.69, 9.17) is 9.47 Å². The van der Waals surface area contributed by atoms with Crippen LogP contribution in [0.2, 0.25) is 0 Å². The summed E-state index contributed by atoms with van der Waals surface area (Å²) in [6.07, 6.45) is 6.72. The molecule has 7 heteroatoms. The molecule has 6 rings (SSSR count). The Hall–Kier alpha value is -1.60. The van der Waals surface area contributed by atoms with Gasteiger partial charge in [0.1, 0.15) is 0 Å². The average Bonchev–Trinajstić information content (AvgIpc) is 2.72. The van der Waals surface area contributed by atoms with E-state index in [1.165, 1.54) is 19.3 Å². The van der Waals surface area contributed by atoms with Crippen molar-refractivity contribution < 1.29 is 19.1 Å². The van der Waals surface area contributed by atoms with Crippen molar-refractivity contribution in [1.29, 1.82) is 0 Å². The van der Waals surface area contributed by atoms with Crippen LogP contribution in [0.4, 0.5) is 11.4 Å². The maximum atomic E-state index is 12.8. The van der Waals surface area contributed by atoms with Crippen LogP contribution < -0.4 is 10.2 Å². The number of morpholine rings is 1. The van der Waals surface area contributed by atoms with Crippen molar-refractivity contribution in [1.82, 2.24) is 0 Å². The zero-order valence-corrected chi connectivity index (χ0v) is 20.4. The minimum absolute atomic E-state index is 0.0518. The van der Waals surface area contributed by atoms with Gasteiger partial charge >= 0.3 is 5.97 Å². The lowest BCUT2D eigenvalue weighted by Gasteiger charge is -2.60. The number of rotatable bonds is 6. The molecule has 4 saturated carbocycles. The molecule has 1 aliphatic heterocycles. The van der Waals surface area contributed by atoms with Gasteiger partial charge in [-0.3, -0.25) is 9.59 Å². The van der Waals surface area contributed by atoms with Crippen LogP contribution >= 0.6 is 15.9 Å². The summed E-state index contributed by atoms with van der Waals surface area (Å²) in [6, 6.07) is 7.78. The Labute approximate surface area is 198 Å². The summed E-state index contributed by atoms with van der Waals surface area (Å²) in [4.78, 5) is 27.7. The number of nitrogens with zero attached hydrogens (tertiary/aromatic N) is 1. The molecule has 5 aliphatic rings. The van der Waals surface area contributed by atoms with E-state index in [1.54, 1.807) is 6.92 Å². The lowest BCUT2D eigenvalue weighted by atomic mass is 9.49. The average molecular weight is 505 g/mol. The lowest BCUT2D eigenvalue weighted by Crippen LogP contribution is -2.53. The number of hydrogen-bond acceptors (Lipinski definition) is 5. The molecular weight excluding hydrogens is 472 g/mol. The van der Waals surface area contributed by atoms with Crippen molar-refractivity contribution in [3.63, 3.8) is 0 Å². The van der Waals surface area contributed by atoms with E-state index in [1.807, 2.05) is 24.3 Å². The van der Waals surface area contributed by atoms with Crippen LogP contribution in [-0.2, 0) is 19.1 Å². The number of benzene rings is 1. The molecule has 4 bridgehead atoms. The normalized spacial score (nSPS) is 34.2. The predicted octanol–water partition coefficient (Wildman–Crippen LogP) is 4.52. The van der Waals surface area contributed by atoms with Gasteiger partial charge in [-0.2, -0.15) is 0 Å². The first-order valence-electron chi connectivity index (χ1n) is 11.9. The number of esters is 1. The van der Waals surface area contributed by atoms with Gasteiger partial charge in [0, 0.05) is 28.8 Å². The van der Waals surface area contributed by atoms with Gasteiger partial charge in [-0.1, -0.05) is 15.9 Å². The van der Waals surface area contributed by atoms with E-state index in [2.05, 4.69) is 26.1 Å². The number of ether oxygens (including phenoxy) is 2. The van der Waals surface area contributed by atoms with E-state index in [-0.39, 0.29) is 21.6 Å². The zero-order chi connectivity index (χ0) is 22.3. The topological polar surface area (TPSA) is 67.9 Å². The summed E-state index contributed by atoms with van der Waals surface area (Å²) in [5.41, 5.74) is 1.87. The van der Waals surface area contributed by atoms with E-state index >= 15 is 0 Å². The molecule has 4 aliphatic carbocycles. The zero-order valence-electron chi connectivity index (χ0n) is 18.8. The number of halogens is 1. The minimum Gasteiger partial charge on any atom is -0.453 e. The molecule has 174 valence electrons. The molecule has 0 spiro atoms. The summed E-state index contributed by atoms with van der Waals surface area (Å²) in [6.45, 7) is 4.87. The molecule has 0 aromatic heterocycles. The van der Waals surface area contributed by atoms with E-state index in [0.29, 0.717) is 12.1 Å². The highest BCUT2D eigenvalue weighted by Gasteiger charge is 2.57. The molecule has 1 heterocycles. The summed E-state index contributed by atoms with van der Waals surface area (Å²) in [5.74, 6) is 0.919. The molecule has 5 fully saturated rings. The van der Waals surface area contributed by atoms with Crippen molar-refractivity contribution in [2.24, 2.45) is 17.3 Å². The van der Waals surface area contributed by atoms with Gasteiger partial charge < -0.3 is 19.7 Å². The smallest absolute Gasteiger partial charge is 0.307 e. The SMILES string of the molecule is C[C@H](OC(=O)CC12C[C@@H]3C[C@@H](CC(Br)(C3)C1)C2)C(=O)Nc1ccc(N2CCOCC2)cc1. The van der Waals surface area contributed by atoms with E-state index < -0.39 is 6.10 Å². The molecule has 1 saturated heterocycles. The third-order valence-corrected chi connectivity index (χ3v) is 8.75.